The average Bonchev–Trinajstić information content (AvgIpc) is 2.55. The first-order valence-electron chi connectivity index (χ1n) is 8.74. The fraction of sp³-hybridized carbons (Fsp3) is 0.450. The highest BCUT2D eigenvalue weighted by Gasteiger charge is 2.38. The first kappa shape index (κ1) is 21.0. The Morgan fingerprint density at radius 3 is 2.48 bits per heavy atom. The number of ether oxygens (including phenoxy) is 1. The van der Waals surface area contributed by atoms with E-state index in [9.17, 15) is 19.5 Å². The number of Topliss-reactive ketones (excluding diaryl/α,β-unsaturated/α-hetero) is 1. The van der Waals surface area contributed by atoms with E-state index in [1.807, 2.05) is 6.92 Å². The van der Waals surface area contributed by atoms with Gasteiger partial charge in [-0.25, -0.2) is 0 Å². The lowest BCUT2D eigenvalue weighted by molar-refractivity contribution is -0.154. The highest BCUT2D eigenvalue weighted by Crippen LogP contribution is 2.40. The maximum atomic E-state index is 12.8. The Balaban J connectivity index is 2.37. The molecule has 1 aromatic carbocycles. The smallest absolute Gasteiger partial charge is 0.325 e. The van der Waals surface area contributed by atoms with E-state index >= 15 is 0 Å². The van der Waals surface area contributed by atoms with Crippen molar-refractivity contribution in [3.63, 3.8) is 0 Å². The number of fused-ring (bicyclic) bond motifs is 1. The van der Waals surface area contributed by atoms with Gasteiger partial charge < -0.3 is 15.2 Å². The Morgan fingerprint density at radius 1 is 1.30 bits per heavy atom. The second kappa shape index (κ2) is 7.72. The van der Waals surface area contributed by atoms with Gasteiger partial charge in [-0.2, -0.15) is 0 Å². The number of halogens is 1. The van der Waals surface area contributed by atoms with Gasteiger partial charge in [0, 0.05) is 16.5 Å². The van der Waals surface area contributed by atoms with E-state index in [0.717, 1.165) is 0 Å². The number of aliphatic hydroxyl groups excluding tert-OH is 1. The number of hydrogen-bond donors (Lipinski definition) is 2. The highest BCUT2D eigenvalue weighted by atomic mass is 35.5. The molecule has 0 aromatic heterocycles. The minimum atomic E-state index is -0.813. The van der Waals surface area contributed by atoms with E-state index < -0.39 is 41.5 Å². The van der Waals surface area contributed by atoms with Gasteiger partial charge in [0.05, 0.1) is 0 Å². The molecule has 1 atom stereocenters. The SMILES string of the molecule is CCC1C(=O)C(C(=O)NCC(=O)OC(C)(C)C)=C(O)c2c1ccc(Cl)c2C. The van der Waals surface area contributed by atoms with Crippen molar-refractivity contribution < 1.29 is 24.2 Å². The Morgan fingerprint density at radius 2 is 1.93 bits per heavy atom. The maximum absolute atomic E-state index is 12.8. The largest absolute Gasteiger partial charge is 0.506 e. The van der Waals surface area contributed by atoms with E-state index in [1.165, 1.54) is 0 Å². The molecule has 0 saturated heterocycles. The van der Waals surface area contributed by atoms with Gasteiger partial charge in [-0.15, -0.1) is 0 Å². The van der Waals surface area contributed by atoms with Crippen molar-refractivity contribution in [1.29, 1.82) is 0 Å². The van der Waals surface area contributed by atoms with Crippen LogP contribution in [0.25, 0.3) is 5.76 Å². The minimum absolute atomic E-state index is 0.358. The molecule has 1 aromatic rings. The van der Waals surface area contributed by atoms with Gasteiger partial charge in [0.25, 0.3) is 5.91 Å². The van der Waals surface area contributed by atoms with E-state index in [-0.39, 0.29) is 5.57 Å². The summed E-state index contributed by atoms with van der Waals surface area (Å²) in [7, 11) is 0. The third-order valence-corrected chi connectivity index (χ3v) is 4.70. The molecule has 0 saturated carbocycles. The van der Waals surface area contributed by atoms with Crippen LogP contribution < -0.4 is 5.32 Å². The number of aliphatic hydroxyl groups is 1. The zero-order chi connectivity index (χ0) is 20.5. The molecular weight excluding hydrogens is 370 g/mol. The molecule has 1 aliphatic rings. The molecule has 0 radical (unpaired) electrons. The van der Waals surface area contributed by atoms with Crippen LogP contribution in [-0.2, 0) is 19.1 Å². The van der Waals surface area contributed by atoms with E-state index in [4.69, 9.17) is 16.3 Å². The van der Waals surface area contributed by atoms with Gasteiger partial charge in [0.15, 0.2) is 5.78 Å². The fourth-order valence-electron chi connectivity index (χ4n) is 3.11. The lowest BCUT2D eigenvalue weighted by atomic mass is 9.78. The quantitative estimate of drug-likeness (QED) is 0.603. The zero-order valence-corrected chi connectivity index (χ0v) is 16.9. The van der Waals surface area contributed by atoms with E-state index in [0.29, 0.717) is 28.1 Å². The number of nitrogens with one attached hydrogen (secondary N) is 1. The Kier molecular flexibility index (Phi) is 6.00. The van der Waals surface area contributed by atoms with Crippen molar-refractivity contribution in [2.45, 2.75) is 52.6 Å². The lowest BCUT2D eigenvalue weighted by Gasteiger charge is -2.27. The highest BCUT2D eigenvalue weighted by molar-refractivity contribution is 6.32. The van der Waals surface area contributed by atoms with Crippen LogP contribution in [0.3, 0.4) is 0 Å². The summed E-state index contributed by atoms with van der Waals surface area (Å²) < 4.78 is 5.13. The van der Waals surface area contributed by atoms with Crippen molar-refractivity contribution in [1.82, 2.24) is 5.32 Å². The molecule has 6 nitrogen and oxygen atoms in total. The Hall–Kier alpha value is -2.34. The van der Waals surface area contributed by atoms with Gasteiger partial charge in [-0.05, 0) is 51.3 Å². The molecule has 0 heterocycles. The van der Waals surface area contributed by atoms with Crippen LogP contribution in [0.1, 0.15) is 56.7 Å². The molecule has 1 aliphatic carbocycles. The first-order chi connectivity index (χ1) is 12.5. The number of ketones is 1. The number of hydrogen-bond acceptors (Lipinski definition) is 5. The minimum Gasteiger partial charge on any atom is -0.506 e. The van der Waals surface area contributed by atoms with Crippen molar-refractivity contribution in [3.05, 3.63) is 39.4 Å². The summed E-state index contributed by atoms with van der Waals surface area (Å²) >= 11 is 6.15. The molecule has 0 fully saturated rings. The summed E-state index contributed by atoms with van der Waals surface area (Å²) in [4.78, 5) is 37.2. The standard InChI is InChI=1S/C20H24ClNO5/c1-6-11-12-7-8-13(21)10(2)15(12)18(25)16(17(11)24)19(26)22-9-14(23)27-20(3,4)5/h7-8,11,25H,6,9H2,1-5H3,(H,22,26). The molecule has 2 N–H and O–H groups in total. The topological polar surface area (TPSA) is 92.7 Å². The zero-order valence-electron chi connectivity index (χ0n) is 16.1. The van der Waals surface area contributed by atoms with Crippen molar-refractivity contribution in [2.75, 3.05) is 6.54 Å². The molecule has 1 unspecified atom stereocenters. The van der Waals surface area contributed by atoms with Gasteiger partial charge in [-0.1, -0.05) is 24.6 Å². The predicted octanol–water partition coefficient (Wildman–Crippen LogP) is 3.45. The summed E-state index contributed by atoms with van der Waals surface area (Å²) in [5, 5.41) is 13.4. The molecule has 0 bridgehead atoms. The van der Waals surface area contributed by atoms with Gasteiger partial charge in [-0.3, -0.25) is 14.4 Å². The second-order valence-corrected chi connectivity index (χ2v) is 7.86. The summed E-state index contributed by atoms with van der Waals surface area (Å²) in [6.45, 7) is 8.27. The maximum Gasteiger partial charge on any atom is 0.325 e. The van der Waals surface area contributed by atoms with Gasteiger partial charge >= 0.3 is 5.97 Å². The molecule has 0 spiro atoms. The Bertz CT molecular complexity index is 836. The number of carbonyl (C=O) groups is 3. The third kappa shape index (κ3) is 4.33. The van der Waals surface area contributed by atoms with Crippen molar-refractivity contribution >= 4 is 35.0 Å². The average molecular weight is 394 g/mol. The van der Waals surface area contributed by atoms with Crippen LogP contribution in [0.15, 0.2) is 17.7 Å². The van der Waals surface area contributed by atoms with E-state index in [2.05, 4.69) is 5.32 Å². The first-order valence-corrected chi connectivity index (χ1v) is 9.12. The van der Waals surface area contributed by atoms with Crippen LogP contribution in [0.2, 0.25) is 5.02 Å². The van der Waals surface area contributed by atoms with Gasteiger partial charge in [0.2, 0.25) is 0 Å². The van der Waals surface area contributed by atoms with Gasteiger partial charge in [0.1, 0.15) is 23.5 Å². The molecular formula is C20H24ClNO5. The lowest BCUT2D eigenvalue weighted by Crippen LogP contribution is -2.38. The molecule has 2 rings (SSSR count). The summed E-state index contributed by atoms with van der Waals surface area (Å²) in [6.07, 6.45) is 0.461. The van der Waals surface area contributed by atoms with Crippen LogP contribution in [0, 0.1) is 6.92 Å². The van der Waals surface area contributed by atoms with Crippen molar-refractivity contribution in [2.24, 2.45) is 0 Å². The molecule has 1 amide bonds. The van der Waals surface area contributed by atoms with Crippen LogP contribution >= 0.6 is 11.6 Å². The normalized spacial score (nSPS) is 16.8. The molecule has 27 heavy (non-hydrogen) atoms. The second-order valence-electron chi connectivity index (χ2n) is 7.45. The fourth-order valence-corrected chi connectivity index (χ4v) is 3.27. The van der Waals surface area contributed by atoms with Crippen LogP contribution in [0.5, 0.6) is 0 Å². The number of esters is 1. The number of carbonyl (C=O) groups excluding carboxylic acids is 3. The summed E-state index contributed by atoms with van der Waals surface area (Å²) in [5.74, 6) is -2.90. The number of amides is 1. The third-order valence-electron chi connectivity index (χ3n) is 4.29. The van der Waals surface area contributed by atoms with Crippen molar-refractivity contribution in [3.8, 4) is 0 Å². The monoisotopic (exact) mass is 393 g/mol. The van der Waals surface area contributed by atoms with Crippen LogP contribution in [-0.4, -0.2) is 34.9 Å². The Labute approximate surface area is 163 Å². The molecule has 7 heteroatoms. The molecule has 0 aliphatic heterocycles. The number of rotatable bonds is 4. The summed E-state index contributed by atoms with van der Waals surface area (Å²) in [5.41, 5.74) is 0.588. The predicted molar refractivity (Wildman–Crippen MR) is 103 cm³/mol. The number of benzene rings is 1. The van der Waals surface area contributed by atoms with E-state index in [1.54, 1.807) is 39.8 Å². The summed E-state index contributed by atoms with van der Waals surface area (Å²) in [6, 6.07) is 3.37. The van der Waals surface area contributed by atoms with Crippen LogP contribution in [0.4, 0.5) is 0 Å². The molecule has 146 valence electrons.